The largest absolute Gasteiger partial charge is 0.342 e. The van der Waals surface area contributed by atoms with Crippen LogP contribution in [0.3, 0.4) is 0 Å². The zero-order valence-corrected chi connectivity index (χ0v) is 13.6. The summed E-state index contributed by atoms with van der Waals surface area (Å²) in [5.74, 6) is -0.255. The third kappa shape index (κ3) is 3.56. The maximum atomic E-state index is 12.4. The van der Waals surface area contributed by atoms with Crippen LogP contribution in [0.25, 0.3) is 0 Å². The van der Waals surface area contributed by atoms with Crippen molar-refractivity contribution in [2.45, 2.75) is 39.5 Å². The first-order chi connectivity index (χ1) is 10.8. The lowest BCUT2D eigenvalue weighted by Crippen LogP contribution is -2.32. The number of aromatic amines is 2. The van der Waals surface area contributed by atoms with Crippen molar-refractivity contribution >= 4 is 11.6 Å². The average molecular weight is 316 g/mol. The van der Waals surface area contributed by atoms with E-state index in [-0.39, 0.29) is 17.5 Å². The van der Waals surface area contributed by atoms with Crippen molar-refractivity contribution in [3.05, 3.63) is 55.9 Å². The highest BCUT2D eigenvalue weighted by molar-refractivity contribution is 6.03. The van der Waals surface area contributed by atoms with Crippen molar-refractivity contribution in [3.8, 4) is 0 Å². The monoisotopic (exact) mass is 316 g/mol. The molecule has 0 atom stereocenters. The molecule has 1 amide bonds. The molecule has 0 aliphatic heterocycles. The second kappa shape index (κ2) is 6.60. The van der Waals surface area contributed by atoms with Gasteiger partial charge in [-0.2, -0.15) is 5.10 Å². The summed E-state index contributed by atoms with van der Waals surface area (Å²) in [7, 11) is 0. The average Bonchev–Trinajstić information content (AvgIpc) is 2.46. The normalized spacial score (nSPS) is 11.0. The molecule has 122 valence electrons. The Balaban J connectivity index is 2.48. The molecular formula is C16H20N4O3. The van der Waals surface area contributed by atoms with Crippen LogP contribution in [0.15, 0.2) is 27.8 Å². The lowest BCUT2D eigenvalue weighted by atomic mass is 9.92. The first-order valence-electron chi connectivity index (χ1n) is 7.44. The van der Waals surface area contributed by atoms with Crippen LogP contribution in [0.5, 0.6) is 0 Å². The number of benzene rings is 1. The topological polar surface area (TPSA) is 108 Å². The van der Waals surface area contributed by atoms with Crippen LogP contribution < -0.4 is 16.6 Å². The van der Waals surface area contributed by atoms with Gasteiger partial charge in [-0.25, -0.2) is 9.89 Å². The van der Waals surface area contributed by atoms with Crippen LogP contribution in [-0.4, -0.2) is 21.1 Å². The molecule has 0 aliphatic carbocycles. The van der Waals surface area contributed by atoms with Crippen molar-refractivity contribution in [3.63, 3.8) is 0 Å². The lowest BCUT2D eigenvalue weighted by Gasteiger charge is -2.19. The van der Waals surface area contributed by atoms with Crippen molar-refractivity contribution in [2.75, 3.05) is 5.32 Å². The van der Waals surface area contributed by atoms with Gasteiger partial charge in [0.2, 0.25) is 5.69 Å². The van der Waals surface area contributed by atoms with Gasteiger partial charge in [-0.05, 0) is 23.0 Å². The molecule has 0 bridgehead atoms. The molecule has 2 rings (SSSR count). The van der Waals surface area contributed by atoms with Gasteiger partial charge in [0.05, 0.1) is 0 Å². The van der Waals surface area contributed by atoms with Gasteiger partial charge in [-0.3, -0.25) is 14.6 Å². The van der Waals surface area contributed by atoms with E-state index in [0.717, 1.165) is 11.1 Å². The summed E-state index contributed by atoms with van der Waals surface area (Å²) < 4.78 is 0. The number of hydrogen-bond acceptors (Lipinski definition) is 4. The lowest BCUT2D eigenvalue weighted by molar-refractivity contribution is 0.101. The van der Waals surface area contributed by atoms with Crippen LogP contribution in [0, 0.1) is 0 Å². The van der Waals surface area contributed by atoms with Gasteiger partial charge in [-0.1, -0.05) is 45.9 Å². The Bertz CT molecular complexity index is 807. The van der Waals surface area contributed by atoms with Crippen LogP contribution >= 0.6 is 0 Å². The van der Waals surface area contributed by atoms with E-state index in [9.17, 15) is 14.4 Å². The number of nitrogens with one attached hydrogen (secondary N) is 3. The predicted molar refractivity (Wildman–Crippen MR) is 88.1 cm³/mol. The fourth-order valence-electron chi connectivity index (χ4n) is 2.37. The molecule has 7 heteroatoms. The Morgan fingerprint density at radius 1 is 1.09 bits per heavy atom. The number of rotatable bonds is 4. The van der Waals surface area contributed by atoms with E-state index in [1.165, 1.54) is 0 Å². The summed E-state index contributed by atoms with van der Waals surface area (Å²) in [5, 5.41) is 8.36. The van der Waals surface area contributed by atoms with E-state index < -0.39 is 17.2 Å². The Kier molecular flexibility index (Phi) is 4.78. The summed E-state index contributed by atoms with van der Waals surface area (Å²) in [6, 6.07) is 5.83. The predicted octanol–water partition coefficient (Wildman–Crippen LogP) is 1.96. The Morgan fingerprint density at radius 2 is 1.65 bits per heavy atom. The molecule has 0 saturated carbocycles. The van der Waals surface area contributed by atoms with E-state index in [4.69, 9.17) is 0 Å². The Morgan fingerprint density at radius 3 is 2.13 bits per heavy atom. The highest BCUT2D eigenvalue weighted by Gasteiger charge is 2.19. The minimum atomic E-state index is -0.820. The summed E-state index contributed by atoms with van der Waals surface area (Å²) in [5.41, 5.74) is 0.694. The molecule has 1 aromatic carbocycles. The van der Waals surface area contributed by atoms with Crippen molar-refractivity contribution < 1.29 is 4.79 Å². The highest BCUT2D eigenvalue weighted by Crippen LogP contribution is 2.32. The summed E-state index contributed by atoms with van der Waals surface area (Å²) in [6.45, 7) is 8.11. The maximum absolute atomic E-state index is 12.4. The molecule has 0 spiro atoms. The van der Waals surface area contributed by atoms with Crippen LogP contribution in [-0.2, 0) is 0 Å². The number of aromatic nitrogens is 3. The van der Waals surface area contributed by atoms with Crippen LogP contribution in [0.1, 0.15) is 61.1 Å². The summed E-state index contributed by atoms with van der Waals surface area (Å²) in [6.07, 6.45) is 0. The molecular weight excluding hydrogens is 296 g/mol. The van der Waals surface area contributed by atoms with Gasteiger partial charge >= 0.3 is 5.69 Å². The third-order valence-electron chi connectivity index (χ3n) is 3.54. The fourth-order valence-corrected chi connectivity index (χ4v) is 2.37. The molecule has 0 aliphatic rings. The zero-order chi connectivity index (χ0) is 17.1. The van der Waals surface area contributed by atoms with E-state index in [1.807, 2.05) is 50.9 Å². The van der Waals surface area contributed by atoms with Gasteiger partial charge < -0.3 is 5.32 Å². The number of nitrogens with zero attached hydrogens (tertiary/aromatic N) is 1. The van der Waals surface area contributed by atoms with E-state index >= 15 is 0 Å². The molecule has 7 nitrogen and oxygen atoms in total. The quantitative estimate of drug-likeness (QED) is 0.801. The van der Waals surface area contributed by atoms with Crippen LogP contribution in [0.4, 0.5) is 5.69 Å². The van der Waals surface area contributed by atoms with Crippen molar-refractivity contribution in [1.82, 2.24) is 15.2 Å². The Labute approximate surface area is 133 Å². The van der Waals surface area contributed by atoms with Gasteiger partial charge in [0.15, 0.2) is 0 Å². The molecule has 0 unspecified atom stereocenters. The molecule has 0 saturated heterocycles. The zero-order valence-electron chi connectivity index (χ0n) is 13.6. The fraction of sp³-hybridized carbons (Fsp3) is 0.375. The first kappa shape index (κ1) is 16.7. The van der Waals surface area contributed by atoms with Crippen molar-refractivity contribution in [2.24, 2.45) is 0 Å². The molecule has 0 fully saturated rings. The van der Waals surface area contributed by atoms with Crippen LogP contribution in [0.2, 0.25) is 0 Å². The molecule has 23 heavy (non-hydrogen) atoms. The van der Waals surface area contributed by atoms with Gasteiger partial charge in [0.1, 0.15) is 0 Å². The smallest absolute Gasteiger partial charge is 0.320 e. The minimum Gasteiger partial charge on any atom is -0.320 e. The van der Waals surface area contributed by atoms with Gasteiger partial charge in [0, 0.05) is 5.69 Å². The van der Waals surface area contributed by atoms with E-state index in [0.29, 0.717) is 5.69 Å². The number of carbonyl (C=O) groups is 1. The van der Waals surface area contributed by atoms with Gasteiger partial charge in [0.25, 0.3) is 11.5 Å². The molecule has 0 radical (unpaired) electrons. The number of amides is 1. The number of para-hydroxylation sites is 1. The number of anilines is 1. The maximum Gasteiger partial charge on any atom is 0.342 e. The second-order valence-electron chi connectivity index (χ2n) is 5.93. The number of carbonyl (C=O) groups excluding carboxylic acids is 1. The highest BCUT2D eigenvalue weighted by atomic mass is 16.2. The standard InChI is InChI=1S/C16H20N4O3/c1-8(2)10-6-5-7-11(9(3)4)12(10)17-14(21)13-15(22)18-16(23)20-19-13/h5-9H,1-4H3,(H,17,21)(H2,18,20,22,23). The summed E-state index contributed by atoms with van der Waals surface area (Å²) >= 11 is 0. The second-order valence-corrected chi connectivity index (χ2v) is 5.93. The number of hydrogen-bond donors (Lipinski definition) is 3. The number of H-pyrrole nitrogens is 2. The Hall–Kier alpha value is -2.70. The molecule has 1 heterocycles. The SMILES string of the molecule is CC(C)c1cccc(C(C)C)c1NC(=O)c1n[nH]c(=O)[nH]c1=O. The molecule has 2 aromatic rings. The van der Waals surface area contributed by atoms with E-state index in [1.54, 1.807) is 0 Å². The molecule has 3 N–H and O–H groups in total. The minimum absolute atomic E-state index is 0.200. The van der Waals surface area contributed by atoms with Crippen molar-refractivity contribution in [1.29, 1.82) is 0 Å². The molecule has 1 aromatic heterocycles. The summed E-state index contributed by atoms with van der Waals surface area (Å²) in [4.78, 5) is 37.1. The third-order valence-corrected chi connectivity index (χ3v) is 3.54. The first-order valence-corrected chi connectivity index (χ1v) is 7.44. The van der Waals surface area contributed by atoms with Gasteiger partial charge in [-0.15, -0.1) is 0 Å². The van der Waals surface area contributed by atoms with E-state index in [2.05, 4.69) is 15.5 Å².